The summed E-state index contributed by atoms with van der Waals surface area (Å²) >= 11 is 12.6. The molecule has 4 aromatic rings. The summed E-state index contributed by atoms with van der Waals surface area (Å²) in [6.45, 7) is 2.12. The van der Waals surface area contributed by atoms with Crippen LogP contribution >= 0.6 is 23.2 Å². The maximum atomic E-state index is 13.1. The van der Waals surface area contributed by atoms with E-state index < -0.39 is 0 Å². The summed E-state index contributed by atoms with van der Waals surface area (Å²) in [7, 11) is 1.71. The van der Waals surface area contributed by atoms with Crippen molar-refractivity contribution < 1.29 is 4.79 Å². The van der Waals surface area contributed by atoms with Crippen LogP contribution in [0.15, 0.2) is 54.7 Å². The van der Waals surface area contributed by atoms with Gasteiger partial charge in [0.1, 0.15) is 5.69 Å². The smallest absolute Gasteiger partial charge is 0.278 e. The number of aromatic nitrogens is 3. The van der Waals surface area contributed by atoms with Crippen LogP contribution in [0.25, 0.3) is 17.0 Å². The molecule has 2 aromatic heterocycles. The van der Waals surface area contributed by atoms with Crippen LogP contribution in [-0.2, 0) is 6.54 Å². The van der Waals surface area contributed by atoms with Crippen molar-refractivity contribution in [3.63, 3.8) is 0 Å². The molecule has 152 valence electrons. The van der Waals surface area contributed by atoms with Gasteiger partial charge in [0.05, 0.1) is 10.7 Å². The number of hydrogen-bond acceptors (Lipinski definition) is 4. The Morgan fingerprint density at radius 3 is 2.53 bits per heavy atom. The number of para-hydroxylation sites is 1. The van der Waals surface area contributed by atoms with Gasteiger partial charge in [-0.25, -0.2) is 9.97 Å². The van der Waals surface area contributed by atoms with E-state index in [0.717, 1.165) is 28.2 Å². The second kappa shape index (κ2) is 8.07. The fourth-order valence-corrected chi connectivity index (χ4v) is 3.91. The lowest BCUT2D eigenvalue weighted by molar-refractivity contribution is 0.0989. The molecular weight excluding hydrogens is 421 g/mol. The van der Waals surface area contributed by atoms with Gasteiger partial charge in [0, 0.05) is 47.3 Å². The van der Waals surface area contributed by atoms with E-state index in [9.17, 15) is 4.79 Å². The Balaban J connectivity index is 1.90. The second-order valence-electron chi connectivity index (χ2n) is 6.85. The predicted octanol–water partition coefficient (Wildman–Crippen LogP) is 4.75. The molecule has 6 nitrogen and oxygen atoms in total. The molecule has 0 bridgehead atoms. The lowest BCUT2D eigenvalue weighted by Crippen LogP contribution is -2.26. The van der Waals surface area contributed by atoms with Gasteiger partial charge in [-0.15, -0.1) is 0 Å². The lowest BCUT2D eigenvalue weighted by Gasteiger charge is -2.15. The van der Waals surface area contributed by atoms with E-state index in [2.05, 4.69) is 9.97 Å². The zero-order valence-electron chi connectivity index (χ0n) is 16.4. The molecule has 2 aromatic carbocycles. The fraction of sp³-hybridized carbons (Fsp3) is 0.136. The number of fused-ring (bicyclic) bond motifs is 1. The first kappa shape index (κ1) is 20.3. The molecule has 0 aliphatic carbocycles. The van der Waals surface area contributed by atoms with Gasteiger partial charge in [-0.05, 0) is 37.3 Å². The van der Waals surface area contributed by atoms with Gasteiger partial charge in [-0.2, -0.15) is 0 Å². The van der Waals surface area contributed by atoms with Crippen molar-refractivity contribution in [3.05, 3.63) is 81.7 Å². The fourth-order valence-electron chi connectivity index (χ4n) is 3.41. The van der Waals surface area contributed by atoms with Crippen LogP contribution in [0.1, 0.15) is 21.7 Å². The number of amides is 1. The number of halogens is 2. The summed E-state index contributed by atoms with van der Waals surface area (Å²) in [5, 5.41) is 1.01. The third kappa shape index (κ3) is 3.54. The minimum Gasteiger partial charge on any atom is -0.326 e. The van der Waals surface area contributed by atoms with E-state index in [1.807, 2.05) is 43.3 Å². The summed E-state index contributed by atoms with van der Waals surface area (Å²) in [5.74, 6) is 0.155. The highest BCUT2D eigenvalue weighted by Crippen LogP contribution is 2.34. The number of benzene rings is 2. The van der Waals surface area contributed by atoms with Crippen molar-refractivity contribution in [1.29, 1.82) is 0 Å². The van der Waals surface area contributed by atoms with E-state index in [1.165, 1.54) is 0 Å². The number of aryl methyl sites for hydroxylation is 1. The van der Waals surface area contributed by atoms with Crippen molar-refractivity contribution in [3.8, 4) is 11.3 Å². The average molecular weight is 440 g/mol. The standard InChI is InChI=1S/C22H19Cl2N5O/c1-13-17(11-25)20(16-9-8-14(23)10-18(16)24)29-12-19(27-22(29)26-13)21(30)28(2)15-6-4-3-5-7-15/h3-10,12H,11,25H2,1-2H3. The molecule has 1 amide bonds. The largest absolute Gasteiger partial charge is 0.326 e. The Kier molecular flexibility index (Phi) is 5.47. The van der Waals surface area contributed by atoms with Crippen LogP contribution in [0.5, 0.6) is 0 Å². The monoisotopic (exact) mass is 439 g/mol. The van der Waals surface area contributed by atoms with Crippen molar-refractivity contribution in [1.82, 2.24) is 14.4 Å². The van der Waals surface area contributed by atoms with E-state index in [4.69, 9.17) is 28.9 Å². The van der Waals surface area contributed by atoms with E-state index in [-0.39, 0.29) is 18.1 Å². The minimum absolute atomic E-state index is 0.244. The molecular formula is C22H19Cl2N5O. The van der Waals surface area contributed by atoms with Crippen molar-refractivity contribution in [2.45, 2.75) is 13.5 Å². The first-order chi connectivity index (χ1) is 14.4. The van der Waals surface area contributed by atoms with Gasteiger partial charge in [0.25, 0.3) is 5.91 Å². The predicted molar refractivity (Wildman–Crippen MR) is 120 cm³/mol. The van der Waals surface area contributed by atoms with Crippen molar-refractivity contribution in [2.75, 3.05) is 11.9 Å². The highest BCUT2D eigenvalue weighted by Gasteiger charge is 2.22. The number of carbonyl (C=O) groups is 1. The summed E-state index contributed by atoms with van der Waals surface area (Å²) in [6, 6.07) is 14.6. The van der Waals surface area contributed by atoms with Gasteiger partial charge in [-0.1, -0.05) is 41.4 Å². The first-order valence-corrected chi connectivity index (χ1v) is 10.0. The van der Waals surface area contributed by atoms with Crippen LogP contribution in [0, 0.1) is 6.92 Å². The molecule has 0 radical (unpaired) electrons. The van der Waals surface area contributed by atoms with Crippen molar-refractivity contribution in [2.24, 2.45) is 5.73 Å². The van der Waals surface area contributed by atoms with E-state index in [1.54, 1.807) is 34.7 Å². The maximum Gasteiger partial charge on any atom is 0.278 e. The first-order valence-electron chi connectivity index (χ1n) is 9.28. The summed E-state index contributed by atoms with van der Waals surface area (Å²) in [4.78, 5) is 23.6. The quantitative estimate of drug-likeness (QED) is 0.497. The average Bonchev–Trinajstić information content (AvgIpc) is 3.16. The van der Waals surface area contributed by atoms with Crippen LogP contribution in [0.3, 0.4) is 0 Å². The molecule has 0 unspecified atom stereocenters. The zero-order valence-corrected chi connectivity index (χ0v) is 17.9. The molecule has 30 heavy (non-hydrogen) atoms. The number of carbonyl (C=O) groups excluding carboxylic acids is 1. The molecule has 2 N–H and O–H groups in total. The Hall–Kier alpha value is -2.93. The molecule has 0 saturated carbocycles. The van der Waals surface area contributed by atoms with Gasteiger partial charge < -0.3 is 10.6 Å². The highest BCUT2D eigenvalue weighted by atomic mass is 35.5. The molecule has 0 aliphatic rings. The summed E-state index contributed by atoms with van der Waals surface area (Å²) in [5.41, 5.74) is 10.1. The Labute approximate surface area is 183 Å². The molecule has 0 spiro atoms. The van der Waals surface area contributed by atoms with Crippen LogP contribution < -0.4 is 10.6 Å². The highest BCUT2D eigenvalue weighted by molar-refractivity contribution is 6.36. The van der Waals surface area contributed by atoms with Crippen LogP contribution in [-0.4, -0.2) is 27.3 Å². The number of anilines is 1. The number of hydrogen-bond donors (Lipinski definition) is 1. The number of nitrogens with two attached hydrogens (primary N) is 1. The van der Waals surface area contributed by atoms with E-state index in [0.29, 0.717) is 15.8 Å². The number of nitrogens with zero attached hydrogens (tertiary/aromatic N) is 4. The Morgan fingerprint density at radius 1 is 1.13 bits per heavy atom. The second-order valence-corrected chi connectivity index (χ2v) is 7.69. The van der Waals surface area contributed by atoms with E-state index >= 15 is 0 Å². The number of rotatable bonds is 4. The Bertz CT molecular complexity index is 1250. The normalized spacial score (nSPS) is 11.1. The van der Waals surface area contributed by atoms with Gasteiger partial charge in [-0.3, -0.25) is 9.20 Å². The minimum atomic E-state index is -0.244. The zero-order chi connectivity index (χ0) is 21.4. The molecule has 0 aliphatic heterocycles. The van der Waals surface area contributed by atoms with Crippen LogP contribution in [0.4, 0.5) is 5.69 Å². The van der Waals surface area contributed by atoms with Gasteiger partial charge >= 0.3 is 0 Å². The topological polar surface area (TPSA) is 76.5 Å². The molecule has 0 saturated heterocycles. The van der Waals surface area contributed by atoms with Gasteiger partial charge in [0.15, 0.2) is 0 Å². The summed E-state index contributed by atoms with van der Waals surface area (Å²) < 4.78 is 1.76. The third-order valence-electron chi connectivity index (χ3n) is 4.98. The number of imidazole rings is 1. The van der Waals surface area contributed by atoms with Crippen LogP contribution in [0.2, 0.25) is 10.0 Å². The molecule has 0 atom stereocenters. The SMILES string of the molecule is Cc1nc2nc(C(=O)N(C)c3ccccc3)cn2c(-c2ccc(Cl)cc2Cl)c1CN. The molecule has 0 fully saturated rings. The Morgan fingerprint density at radius 2 is 1.87 bits per heavy atom. The molecule has 4 rings (SSSR count). The molecule has 2 heterocycles. The lowest BCUT2D eigenvalue weighted by atomic mass is 10.0. The molecule has 8 heteroatoms. The van der Waals surface area contributed by atoms with Gasteiger partial charge in [0.2, 0.25) is 5.78 Å². The maximum absolute atomic E-state index is 13.1. The third-order valence-corrected chi connectivity index (χ3v) is 5.52. The van der Waals surface area contributed by atoms with Crippen molar-refractivity contribution >= 4 is 40.6 Å². The summed E-state index contributed by atoms with van der Waals surface area (Å²) in [6.07, 6.45) is 1.67.